The van der Waals surface area contributed by atoms with E-state index < -0.39 is 0 Å². The molecule has 2 atom stereocenters. The Labute approximate surface area is 108 Å². The Hall–Kier alpha value is -1.26. The van der Waals surface area contributed by atoms with Crippen LogP contribution in [0.2, 0.25) is 0 Å². The summed E-state index contributed by atoms with van der Waals surface area (Å²) in [6.07, 6.45) is 2.43. The maximum Gasteiger partial charge on any atom is 0.123 e. The highest BCUT2D eigenvalue weighted by atomic mass is 16.5. The summed E-state index contributed by atoms with van der Waals surface area (Å²) in [6.45, 7) is 0. The molecule has 0 aromatic heterocycles. The van der Waals surface area contributed by atoms with E-state index in [1.54, 1.807) is 21.3 Å². The van der Waals surface area contributed by atoms with Crippen LogP contribution < -0.4 is 15.2 Å². The number of ether oxygens (including phenoxy) is 3. The summed E-state index contributed by atoms with van der Waals surface area (Å²) in [6, 6.07) is 5.49. The minimum absolute atomic E-state index is 0.0472. The summed E-state index contributed by atoms with van der Waals surface area (Å²) < 4.78 is 16.2. The highest BCUT2D eigenvalue weighted by Crippen LogP contribution is 2.41. The molecule has 1 fully saturated rings. The van der Waals surface area contributed by atoms with Gasteiger partial charge in [-0.1, -0.05) is 0 Å². The fourth-order valence-corrected chi connectivity index (χ4v) is 2.33. The zero-order chi connectivity index (χ0) is 13.1. The normalized spacial score (nSPS) is 18.2. The molecule has 0 bridgehead atoms. The van der Waals surface area contributed by atoms with E-state index in [0.717, 1.165) is 17.1 Å². The van der Waals surface area contributed by atoms with E-state index in [4.69, 9.17) is 19.9 Å². The third-order valence-corrected chi connectivity index (χ3v) is 3.51. The monoisotopic (exact) mass is 251 g/mol. The molecule has 1 aliphatic rings. The molecule has 0 heterocycles. The van der Waals surface area contributed by atoms with Gasteiger partial charge in [-0.3, -0.25) is 0 Å². The van der Waals surface area contributed by atoms with Gasteiger partial charge in [-0.05, 0) is 37.0 Å². The van der Waals surface area contributed by atoms with E-state index in [2.05, 4.69) is 0 Å². The Balaban J connectivity index is 2.28. The topological polar surface area (TPSA) is 53.7 Å². The van der Waals surface area contributed by atoms with Crippen LogP contribution >= 0.6 is 0 Å². The van der Waals surface area contributed by atoms with Gasteiger partial charge in [0, 0.05) is 12.7 Å². The molecule has 2 N–H and O–H groups in total. The first kappa shape index (κ1) is 13.2. The third kappa shape index (κ3) is 2.60. The molecule has 0 aliphatic heterocycles. The van der Waals surface area contributed by atoms with Gasteiger partial charge >= 0.3 is 0 Å². The van der Waals surface area contributed by atoms with Crippen molar-refractivity contribution in [3.8, 4) is 11.5 Å². The predicted molar refractivity (Wildman–Crippen MR) is 70.0 cm³/mol. The molecule has 4 nitrogen and oxygen atoms in total. The summed E-state index contributed by atoms with van der Waals surface area (Å²) in [5.74, 6) is 2.14. The van der Waals surface area contributed by atoms with Crippen LogP contribution in [0.4, 0.5) is 0 Å². The van der Waals surface area contributed by atoms with Gasteiger partial charge < -0.3 is 19.9 Å². The average molecular weight is 251 g/mol. The van der Waals surface area contributed by atoms with E-state index in [1.165, 1.54) is 12.8 Å². The van der Waals surface area contributed by atoms with Crippen molar-refractivity contribution in [1.29, 1.82) is 0 Å². The van der Waals surface area contributed by atoms with E-state index in [9.17, 15) is 0 Å². The molecule has 2 unspecified atom stereocenters. The van der Waals surface area contributed by atoms with Gasteiger partial charge in [0.2, 0.25) is 0 Å². The summed E-state index contributed by atoms with van der Waals surface area (Å²) in [7, 11) is 5.01. The Morgan fingerprint density at radius 3 is 2.39 bits per heavy atom. The molecule has 0 amide bonds. The number of hydrogen-bond acceptors (Lipinski definition) is 4. The molecule has 0 saturated heterocycles. The summed E-state index contributed by atoms with van der Waals surface area (Å²) in [5, 5.41) is 0. The molecule has 0 spiro atoms. The second-order valence-corrected chi connectivity index (χ2v) is 4.67. The van der Waals surface area contributed by atoms with Gasteiger partial charge in [-0.15, -0.1) is 0 Å². The Kier molecular flexibility index (Phi) is 4.09. The number of benzene rings is 1. The molecule has 1 aromatic carbocycles. The van der Waals surface area contributed by atoms with Crippen LogP contribution in [0.15, 0.2) is 18.2 Å². The van der Waals surface area contributed by atoms with Crippen LogP contribution in [0.3, 0.4) is 0 Å². The van der Waals surface area contributed by atoms with Gasteiger partial charge in [0.05, 0.1) is 26.4 Å². The van der Waals surface area contributed by atoms with Gasteiger partial charge in [-0.25, -0.2) is 0 Å². The van der Waals surface area contributed by atoms with Gasteiger partial charge in [0.1, 0.15) is 11.5 Å². The summed E-state index contributed by atoms with van der Waals surface area (Å²) in [4.78, 5) is 0. The largest absolute Gasteiger partial charge is 0.497 e. The SMILES string of the molecule is COc1ccc(OC)c(C(N)C(OC)C2CC2)c1. The van der Waals surface area contributed by atoms with Crippen LogP contribution in [0.5, 0.6) is 11.5 Å². The van der Waals surface area contributed by atoms with Crippen molar-refractivity contribution in [1.82, 2.24) is 0 Å². The zero-order valence-electron chi connectivity index (χ0n) is 11.2. The lowest BCUT2D eigenvalue weighted by Crippen LogP contribution is -2.30. The van der Waals surface area contributed by atoms with Crippen LogP contribution in [0.1, 0.15) is 24.4 Å². The van der Waals surface area contributed by atoms with Crippen molar-refractivity contribution in [2.24, 2.45) is 11.7 Å². The van der Waals surface area contributed by atoms with Crippen molar-refractivity contribution in [2.75, 3.05) is 21.3 Å². The second-order valence-electron chi connectivity index (χ2n) is 4.67. The first-order valence-corrected chi connectivity index (χ1v) is 6.21. The Bertz CT molecular complexity index is 404. The lowest BCUT2D eigenvalue weighted by atomic mass is 9.97. The molecular formula is C14H21NO3. The summed E-state index contributed by atoms with van der Waals surface area (Å²) >= 11 is 0. The van der Waals surface area contributed by atoms with Crippen molar-refractivity contribution in [2.45, 2.75) is 25.0 Å². The number of rotatable bonds is 6. The molecule has 0 radical (unpaired) electrons. The number of nitrogens with two attached hydrogens (primary N) is 1. The lowest BCUT2D eigenvalue weighted by molar-refractivity contribution is 0.0617. The fraction of sp³-hybridized carbons (Fsp3) is 0.571. The van der Waals surface area contributed by atoms with Gasteiger partial charge in [0.25, 0.3) is 0 Å². The van der Waals surface area contributed by atoms with Crippen LogP contribution in [-0.4, -0.2) is 27.4 Å². The number of hydrogen-bond donors (Lipinski definition) is 1. The second kappa shape index (κ2) is 5.59. The predicted octanol–water partition coefficient (Wildman–Crippen LogP) is 2.13. The van der Waals surface area contributed by atoms with E-state index >= 15 is 0 Å². The minimum Gasteiger partial charge on any atom is -0.497 e. The lowest BCUT2D eigenvalue weighted by Gasteiger charge is -2.24. The first-order valence-electron chi connectivity index (χ1n) is 6.21. The van der Waals surface area contributed by atoms with Crippen LogP contribution in [0.25, 0.3) is 0 Å². The standard InChI is InChI=1S/C14H21NO3/c1-16-10-6-7-12(17-2)11(8-10)13(15)14(18-3)9-4-5-9/h6-9,13-14H,4-5,15H2,1-3H3. The fourth-order valence-electron chi connectivity index (χ4n) is 2.33. The van der Waals surface area contributed by atoms with Crippen LogP contribution in [-0.2, 0) is 4.74 Å². The highest BCUT2D eigenvalue weighted by Gasteiger charge is 2.36. The minimum atomic E-state index is -0.187. The average Bonchev–Trinajstić information content (AvgIpc) is 3.23. The van der Waals surface area contributed by atoms with Crippen molar-refractivity contribution >= 4 is 0 Å². The molecule has 1 saturated carbocycles. The van der Waals surface area contributed by atoms with E-state index in [0.29, 0.717) is 5.92 Å². The Morgan fingerprint density at radius 2 is 1.89 bits per heavy atom. The molecule has 100 valence electrons. The molecule has 1 aliphatic carbocycles. The van der Waals surface area contributed by atoms with Crippen molar-refractivity contribution in [3.63, 3.8) is 0 Å². The third-order valence-electron chi connectivity index (χ3n) is 3.51. The molecular weight excluding hydrogens is 230 g/mol. The van der Waals surface area contributed by atoms with Gasteiger partial charge in [-0.2, -0.15) is 0 Å². The molecule has 18 heavy (non-hydrogen) atoms. The van der Waals surface area contributed by atoms with Gasteiger partial charge in [0.15, 0.2) is 0 Å². The van der Waals surface area contributed by atoms with E-state index in [-0.39, 0.29) is 12.1 Å². The quantitative estimate of drug-likeness (QED) is 0.841. The van der Waals surface area contributed by atoms with E-state index in [1.807, 2.05) is 18.2 Å². The molecule has 2 rings (SSSR count). The van der Waals surface area contributed by atoms with Crippen molar-refractivity contribution in [3.05, 3.63) is 23.8 Å². The summed E-state index contributed by atoms with van der Waals surface area (Å²) in [5.41, 5.74) is 7.27. The van der Waals surface area contributed by atoms with Crippen LogP contribution in [0, 0.1) is 5.92 Å². The van der Waals surface area contributed by atoms with Crippen molar-refractivity contribution < 1.29 is 14.2 Å². The maximum absolute atomic E-state index is 6.33. The first-order chi connectivity index (χ1) is 8.71. The number of methoxy groups -OCH3 is 3. The Morgan fingerprint density at radius 1 is 1.17 bits per heavy atom. The molecule has 1 aromatic rings. The molecule has 4 heteroatoms. The highest BCUT2D eigenvalue weighted by molar-refractivity contribution is 5.42. The maximum atomic E-state index is 6.33. The zero-order valence-corrected chi connectivity index (χ0v) is 11.2. The smallest absolute Gasteiger partial charge is 0.123 e.